The van der Waals surface area contributed by atoms with Gasteiger partial charge in [-0.3, -0.25) is 0 Å². The molecule has 3 aromatic rings. The molecule has 1 aromatic heterocycles. The molecule has 1 saturated carbocycles. The zero-order valence-corrected chi connectivity index (χ0v) is 11.6. The largest absolute Gasteiger partial charge is 0.326 e. The number of hydrogen-bond donors (Lipinski definition) is 1. The van der Waals surface area contributed by atoms with Gasteiger partial charge in [-0.2, -0.15) is 0 Å². The van der Waals surface area contributed by atoms with E-state index in [0.717, 1.165) is 40.8 Å². The summed E-state index contributed by atoms with van der Waals surface area (Å²) in [6.45, 7) is 0.502. The number of nitrogens with two attached hydrogens (primary N) is 1. The highest BCUT2D eigenvalue weighted by Gasteiger charge is 2.28. The van der Waals surface area contributed by atoms with Gasteiger partial charge in [0.25, 0.3) is 0 Å². The smallest absolute Gasteiger partial charge is 0.141 e. The lowest BCUT2D eigenvalue weighted by Crippen LogP contribution is -1.98. The van der Waals surface area contributed by atoms with Crippen LogP contribution in [-0.2, 0) is 6.54 Å². The van der Waals surface area contributed by atoms with E-state index in [2.05, 4.69) is 10.6 Å². The molecule has 0 amide bonds. The molecule has 0 bridgehead atoms. The predicted molar refractivity (Wildman–Crippen MR) is 81.3 cm³/mol. The molecule has 0 spiro atoms. The normalized spacial score (nSPS) is 14.8. The van der Waals surface area contributed by atoms with Crippen LogP contribution in [0.15, 0.2) is 42.5 Å². The fourth-order valence-corrected chi connectivity index (χ4v) is 2.80. The Labute approximate surface area is 122 Å². The van der Waals surface area contributed by atoms with Crippen LogP contribution < -0.4 is 5.73 Å². The molecule has 4 rings (SSSR count). The average Bonchev–Trinajstić information content (AvgIpc) is 3.26. The van der Waals surface area contributed by atoms with Gasteiger partial charge >= 0.3 is 0 Å². The molecule has 106 valence electrons. The minimum absolute atomic E-state index is 0.232. The third-order valence-electron chi connectivity index (χ3n) is 3.98. The van der Waals surface area contributed by atoms with Crippen LogP contribution in [0, 0.1) is 5.82 Å². The van der Waals surface area contributed by atoms with Gasteiger partial charge in [0.05, 0.1) is 11.0 Å². The van der Waals surface area contributed by atoms with E-state index in [-0.39, 0.29) is 5.82 Å². The minimum atomic E-state index is -0.232. The molecule has 1 aliphatic rings. The first-order chi connectivity index (χ1) is 10.3. The van der Waals surface area contributed by atoms with Crippen LogP contribution in [0.4, 0.5) is 4.39 Å². The van der Waals surface area contributed by atoms with Gasteiger partial charge in [0.1, 0.15) is 11.6 Å². The number of hydrogen-bond acceptors (Lipinski definition) is 2. The first-order valence-electron chi connectivity index (χ1n) is 7.23. The summed E-state index contributed by atoms with van der Waals surface area (Å²) in [5, 5.41) is 0. The number of fused-ring (bicyclic) bond motifs is 1. The standard InChI is InChI=1S/C17H16FN3/c18-13-3-1-2-12(9-13)17-20-15-8-11(10-19)4-7-16(15)21(17)14-5-6-14/h1-4,7-9,14H,5-6,10,19H2. The lowest BCUT2D eigenvalue weighted by Gasteiger charge is -2.07. The molecule has 0 atom stereocenters. The maximum atomic E-state index is 13.5. The first-order valence-corrected chi connectivity index (χ1v) is 7.23. The van der Waals surface area contributed by atoms with Crippen LogP contribution in [0.1, 0.15) is 24.4 Å². The van der Waals surface area contributed by atoms with Crippen LogP contribution >= 0.6 is 0 Å². The van der Waals surface area contributed by atoms with Gasteiger partial charge in [0, 0.05) is 18.2 Å². The van der Waals surface area contributed by atoms with Crippen molar-refractivity contribution in [2.45, 2.75) is 25.4 Å². The second kappa shape index (κ2) is 4.67. The third kappa shape index (κ3) is 2.12. The van der Waals surface area contributed by atoms with Crippen molar-refractivity contribution in [2.24, 2.45) is 5.73 Å². The molecule has 21 heavy (non-hydrogen) atoms. The van der Waals surface area contributed by atoms with Gasteiger partial charge in [-0.05, 0) is 42.7 Å². The van der Waals surface area contributed by atoms with Gasteiger partial charge in [-0.25, -0.2) is 9.37 Å². The molecule has 0 aliphatic heterocycles. The Morgan fingerprint density at radius 2 is 2.05 bits per heavy atom. The molecular formula is C17H16FN3. The molecule has 1 heterocycles. The minimum Gasteiger partial charge on any atom is -0.326 e. The summed E-state index contributed by atoms with van der Waals surface area (Å²) in [6, 6.07) is 13.3. The summed E-state index contributed by atoms with van der Waals surface area (Å²) in [5.41, 5.74) is 9.63. The molecule has 1 fully saturated rings. The fraction of sp³-hybridized carbons (Fsp3) is 0.235. The van der Waals surface area contributed by atoms with Gasteiger partial charge in [0.15, 0.2) is 0 Å². The summed E-state index contributed by atoms with van der Waals surface area (Å²) < 4.78 is 15.8. The summed E-state index contributed by atoms with van der Waals surface area (Å²) in [7, 11) is 0. The van der Waals surface area contributed by atoms with E-state index >= 15 is 0 Å². The van der Waals surface area contributed by atoms with Crippen LogP contribution in [0.2, 0.25) is 0 Å². The molecule has 1 aliphatic carbocycles. The van der Waals surface area contributed by atoms with E-state index in [1.807, 2.05) is 18.2 Å². The fourth-order valence-electron chi connectivity index (χ4n) is 2.80. The highest BCUT2D eigenvalue weighted by molar-refractivity contribution is 5.81. The molecular weight excluding hydrogens is 265 g/mol. The number of rotatable bonds is 3. The third-order valence-corrected chi connectivity index (χ3v) is 3.98. The Balaban J connectivity index is 1.97. The monoisotopic (exact) mass is 281 g/mol. The summed E-state index contributed by atoms with van der Waals surface area (Å²) >= 11 is 0. The van der Waals surface area contributed by atoms with Crippen molar-refractivity contribution >= 4 is 11.0 Å². The van der Waals surface area contributed by atoms with E-state index in [1.165, 1.54) is 6.07 Å². The molecule has 4 heteroatoms. The number of nitrogens with zero attached hydrogens (tertiary/aromatic N) is 2. The predicted octanol–water partition coefficient (Wildman–Crippen LogP) is 3.64. The Morgan fingerprint density at radius 3 is 2.76 bits per heavy atom. The summed E-state index contributed by atoms with van der Waals surface area (Å²) in [4.78, 5) is 4.73. The maximum Gasteiger partial charge on any atom is 0.141 e. The van der Waals surface area contributed by atoms with Crippen LogP contribution in [-0.4, -0.2) is 9.55 Å². The van der Waals surface area contributed by atoms with Crippen molar-refractivity contribution in [1.29, 1.82) is 0 Å². The Kier molecular flexibility index (Phi) is 2.79. The SMILES string of the molecule is NCc1ccc2c(c1)nc(-c1cccc(F)c1)n2C1CC1. The summed E-state index contributed by atoms with van der Waals surface area (Å²) in [5.74, 6) is 0.616. The summed E-state index contributed by atoms with van der Waals surface area (Å²) in [6.07, 6.45) is 2.32. The zero-order valence-electron chi connectivity index (χ0n) is 11.6. The van der Waals surface area contributed by atoms with Crippen LogP contribution in [0.25, 0.3) is 22.4 Å². The number of aromatic nitrogens is 2. The quantitative estimate of drug-likeness (QED) is 0.796. The van der Waals surface area contributed by atoms with E-state index in [1.54, 1.807) is 12.1 Å². The second-order valence-electron chi connectivity index (χ2n) is 5.57. The zero-order chi connectivity index (χ0) is 14.4. The number of benzene rings is 2. The first kappa shape index (κ1) is 12.5. The van der Waals surface area contributed by atoms with Crippen molar-refractivity contribution in [3.05, 3.63) is 53.8 Å². The average molecular weight is 281 g/mol. The van der Waals surface area contributed by atoms with Gasteiger partial charge < -0.3 is 10.3 Å². The lowest BCUT2D eigenvalue weighted by atomic mass is 10.2. The topological polar surface area (TPSA) is 43.8 Å². The van der Waals surface area contributed by atoms with Gasteiger partial charge in [-0.15, -0.1) is 0 Å². The molecule has 2 N–H and O–H groups in total. The molecule has 0 unspecified atom stereocenters. The van der Waals surface area contributed by atoms with Crippen molar-refractivity contribution < 1.29 is 4.39 Å². The van der Waals surface area contributed by atoms with Gasteiger partial charge in [-0.1, -0.05) is 18.2 Å². The van der Waals surface area contributed by atoms with Gasteiger partial charge in [0.2, 0.25) is 0 Å². The highest BCUT2D eigenvalue weighted by Crippen LogP contribution is 2.41. The van der Waals surface area contributed by atoms with Crippen molar-refractivity contribution in [2.75, 3.05) is 0 Å². The second-order valence-corrected chi connectivity index (χ2v) is 5.57. The van der Waals surface area contributed by atoms with E-state index in [4.69, 9.17) is 10.7 Å². The lowest BCUT2D eigenvalue weighted by molar-refractivity contribution is 0.628. The van der Waals surface area contributed by atoms with Crippen LogP contribution in [0.5, 0.6) is 0 Å². The van der Waals surface area contributed by atoms with Crippen LogP contribution in [0.3, 0.4) is 0 Å². The van der Waals surface area contributed by atoms with E-state index in [9.17, 15) is 4.39 Å². The Morgan fingerprint density at radius 1 is 1.19 bits per heavy atom. The molecule has 0 radical (unpaired) electrons. The maximum absolute atomic E-state index is 13.5. The highest BCUT2D eigenvalue weighted by atomic mass is 19.1. The Bertz CT molecular complexity index is 818. The van der Waals surface area contributed by atoms with Crippen molar-refractivity contribution in [1.82, 2.24) is 9.55 Å². The molecule has 3 nitrogen and oxygen atoms in total. The van der Waals surface area contributed by atoms with E-state index in [0.29, 0.717) is 12.6 Å². The molecule has 2 aromatic carbocycles. The Hall–Kier alpha value is -2.20. The number of halogens is 1. The number of imidazole rings is 1. The van der Waals surface area contributed by atoms with Crippen molar-refractivity contribution in [3.8, 4) is 11.4 Å². The van der Waals surface area contributed by atoms with Crippen molar-refractivity contribution in [3.63, 3.8) is 0 Å². The molecule has 0 saturated heterocycles. The van der Waals surface area contributed by atoms with E-state index < -0.39 is 0 Å².